The smallest absolute Gasteiger partial charge is 0.0718 e. The van der Waals surface area contributed by atoms with Crippen LogP contribution < -0.4 is 5.73 Å². The van der Waals surface area contributed by atoms with E-state index in [0.717, 1.165) is 44.7 Å². The summed E-state index contributed by atoms with van der Waals surface area (Å²) in [6.45, 7) is 10.7. The first-order valence-corrected chi connectivity index (χ1v) is 8.11. The Hall–Kier alpha value is -1.39. The quantitative estimate of drug-likeness (QED) is 0.812. The maximum Gasteiger partial charge on any atom is 0.0718 e. The van der Waals surface area contributed by atoms with Crippen molar-refractivity contribution in [2.45, 2.75) is 46.2 Å². The van der Waals surface area contributed by atoms with Crippen LogP contribution in [0.5, 0.6) is 0 Å². The van der Waals surface area contributed by atoms with Gasteiger partial charge in [-0.1, -0.05) is 32.0 Å². The number of fused-ring (bicyclic) bond motifs is 1. The molecule has 0 saturated carbocycles. The molecule has 0 spiro atoms. The third kappa shape index (κ3) is 3.83. The van der Waals surface area contributed by atoms with Crippen molar-refractivity contribution in [2.75, 3.05) is 19.6 Å². The molecule has 1 heterocycles. The van der Waals surface area contributed by atoms with E-state index in [1.807, 2.05) is 0 Å². The monoisotopic (exact) mass is 288 g/mol. The molecule has 0 amide bonds. The molecule has 0 radical (unpaired) electrons. The summed E-state index contributed by atoms with van der Waals surface area (Å²) in [4.78, 5) is 2.42. The number of aryl methyl sites for hydroxylation is 1. The summed E-state index contributed by atoms with van der Waals surface area (Å²) in [5.41, 5.74) is 8.68. The number of nitrogens with zero attached hydrogens (tertiary/aromatic N) is 3. The summed E-state index contributed by atoms with van der Waals surface area (Å²) < 4.78 is 2.07. The highest BCUT2D eigenvalue weighted by Gasteiger charge is 2.13. The molecule has 0 aliphatic heterocycles. The highest BCUT2D eigenvalue weighted by atomic mass is 15.3. The van der Waals surface area contributed by atoms with Crippen LogP contribution in [-0.2, 0) is 13.0 Å². The van der Waals surface area contributed by atoms with Gasteiger partial charge in [-0.15, -0.1) is 0 Å². The van der Waals surface area contributed by atoms with Gasteiger partial charge in [0.05, 0.1) is 11.2 Å². The molecule has 0 bridgehead atoms. The molecule has 21 heavy (non-hydrogen) atoms. The number of rotatable bonds is 8. The second-order valence-corrected chi connectivity index (χ2v) is 5.56. The zero-order valence-electron chi connectivity index (χ0n) is 13.5. The molecule has 1 atom stereocenters. The van der Waals surface area contributed by atoms with Crippen molar-refractivity contribution in [3.8, 4) is 0 Å². The van der Waals surface area contributed by atoms with Crippen molar-refractivity contribution in [1.29, 1.82) is 0 Å². The van der Waals surface area contributed by atoms with E-state index in [1.54, 1.807) is 0 Å². The van der Waals surface area contributed by atoms with Gasteiger partial charge < -0.3 is 10.6 Å². The minimum atomic E-state index is 0.175. The first-order valence-electron chi connectivity index (χ1n) is 8.11. The molecule has 1 aromatic carbocycles. The average molecular weight is 288 g/mol. The molecule has 1 unspecified atom stereocenters. The molecule has 0 aliphatic carbocycles. The van der Waals surface area contributed by atoms with E-state index in [4.69, 9.17) is 10.8 Å². The van der Waals surface area contributed by atoms with Crippen LogP contribution in [0.1, 0.15) is 32.9 Å². The lowest BCUT2D eigenvalue weighted by Crippen LogP contribution is -2.31. The van der Waals surface area contributed by atoms with Crippen LogP contribution >= 0.6 is 0 Å². The molecule has 2 aromatic rings. The Morgan fingerprint density at radius 2 is 1.90 bits per heavy atom. The molecule has 2 N–H and O–H groups in total. The predicted octanol–water partition coefficient (Wildman–Crippen LogP) is 2.66. The van der Waals surface area contributed by atoms with E-state index >= 15 is 0 Å². The Labute approximate surface area is 127 Å². The van der Waals surface area contributed by atoms with Gasteiger partial charge in [0.2, 0.25) is 0 Å². The molecular formula is C17H28N4. The van der Waals surface area contributed by atoms with E-state index in [9.17, 15) is 0 Å². The van der Waals surface area contributed by atoms with Crippen molar-refractivity contribution < 1.29 is 0 Å². The Bertz CT molecular complexity index is 557. The maximum absolute atomic E-state index is 6.33. The molecule has 116 valence electrons. The molecule has 2 rings (SSSR count). The summed E-state index contributed by atoms with van der Waals surface area (Å²) >= 11 is 0. The minimum Gasteiger partial charge on any atom is -0.327 e. The van der Waals surface area contributed by atoms with Crippen LogP contribution in [0, 0.1) is 0 Å². The van der Waals surface area contributed by atoms with Gasteiger partial charge in [-0.3, -0.25) is 4.68 Å². The van der Waals surface area contributed by atoms with Gasteiger partial charge in [-0.2, -0.15) is 5.10 Å². The number of hydrogen-bond donors (Lipinski definition) is 1. The molecule has 4 heteroatoms. The van der Waals surface area contributed by atoms with E-state index in [2.05, 4.69) is 54.6 Å². The summed E-state index contributed by atoms with van der Waals surface area (Å²) in [5.74, 6) is 0. The highest BCUT2D eigenvalue weighted by Crippen LogP contribution is 2.19. The number of aromatic nitrogens is 2. The van der Waals surface area contributed by atoms with Gasteiger partial charge in [0, 0.05) is 24.4 Å². The third-order valence-corrected chi connectivity index (χ3v) is 4.20. The lowest BCUT2D eigenvalue weighted by molar-refractivity contribution is 0.289. The molecule has 0 saturated heterocycles. The topological polar surface area (TPSA) is 47.1 Å². The molecule has 4 nitrogen and oxygen atoms in total. The third-order valence-electron chi connectivity index (χ3n) is 4.20. The second-order valence-electron chi connectivity index (χ2n) is 5.56. The van der Waals surface area contributed by atoms with Gasteiger partial charge in [0.25, 0.3) is 0 Å². The lowest BCUT2D eigenvalue weighted by atomic mass is 10.1. The van der Waals surface area contributed by atoms with E-state index in [0.29, 0.717) is 0 Å². The highest BCUT2D eigenvalue weighted by molar-refractivity contribution is 5.82. The van der Waals surface area contributed by atoms with Crippen LogP contribution in [0.3, 0.4) is 0 Å². The number of benzene rings is 1. The van der Waals surface area contributed by atoms with Gasteiger partial charge in [-0.25, -0.2) is 0 Å². The van der Waals surface area contributed by atoms with Crippen molar-refractivity contribution in [3.05, 3.63) is 30.0 Å². The molecule has 0 aliphatic rings. The van der Waals surface area contributed by atoms with Crippen molar-refractivity contribution in [1.82, 2.24) is 14.7 Å². The number of nitrogens with two attached hydrogens (primary N) is 1. The molecular weight excluding hydrogens is 260 g/mol. The maximum atomic E-state index is 6.33. The van der Waals surface area contributed by atoms with Crippen LogP contribution in [0.15, 0.2) is 24.3 Å². The van der Waals surface area contributed by atoms with Gasteiger partial charge in [-0.05, 0) is 39.0 Å². The van der Waals surface area contributed by atoms with Crippen LogP contribution in [0.25, 0.3) is 10.9 Å². The molecule has 1 aromatic heterocycles. The first kappa shape index (κ1) is 16.0. The number of hydrogen-bond acceptors (Lipinski definition) is 3. The normalized spacial score (nSPS) is 13.2. The largest absolute Gasteiger partial charge is 0.327 e. The second kappa shape index (κ2) is 7.57. The Morgan fingerprint density at radius 3 is 2.57 bits per heavy atom. The zero-order valence-corrected chi connectivity index (χ0v) is 13.5. The summed E-state index contributed by atoms with van der Waals surface area (Å²) in [5, 5.41) is 5.99. The zero-order chi connectivity index (χ0) is 15.2. The fourth-order valence-electron chi connectivity index (χ4n) is 2.83. The van der Waals surface area contributed by atoms with E-state index in [1.165, 1.54) is 10.9 Å². The molecule has 0 fully saturated rings. The van der Waals surface area contributed by atoms with Crippen LogP contribution in [0.2, 0.25) is 0 Å². The van der Waals surface area contributed by atoms with Crippen molar-refractivity contribution in [2.24, 2.45) is 5.73 Å². The average Bonchev–Trinajstić information content (AvgIpc) is 2.86. The van der Waals surface area contributed by atoms with Crippen molar-refractivity contribution in [3.63, 3.8) is 0 Å². The Morgan fingerprint density at radius 1 is 1.19 bits per heavy atom. The van der Waals surface area contributed by atoms with Crippen LogP contribution in [0.4, 0.5) is 0 Å². The summed E-state index contributed by atoms with van der Waals surface area (Å²) in [6.07, 6.45) is 1.88. The lowest BCUT2D eigenvalue weighted by Gasteiger charge is -2.20. The van der Waals surface area contributed by atoms with Gasteiger partial charge in [0.15, 0.2) is 0 Å². The minimum absolute atomic E-state index is 0.175. The van der Waals surface area contributed by atoms with E-state index < -0.39 is 0 Å². The van der Waals surface area contributed by atoms with Gasteiger partial charge >= 0.3 is 0 Å². The Kier molecular flexibility index (Phi) is 5.76. The fraction of sp³-hybridized carbons (Fsp3) is 0.588. The van der Waals surface area contributed by atoms with Crippen LogP contribution in [-0.4, -0.2) is 40.4 Å². The summed E-state index contributed by atoms with van der Waals surface area (Å²) in [7, 11) is 0. The SMILES string of the molecule is CCN(CC)CCC(N)Cc1nn(CC)c2ccccc12. The summed E-state index contributed by atoms with van der Waals surface area (Å²) in [6, 6.07) is 8.61. The number of para-hydroxylation sites is 1. The van der Waals surface area contributed by atoms with E-state index in [-0.39, 0.29) is 6.04 Å². The first-order chi connectivity index (χ1) is 10.2. The van der Waals surface area contributed by atoms with Crippen molar-refractivity contribution >= 4 is 10.9 Å². The predicted molar refractivity (Wildman–Crippen MR) is 89.5 cm³/mol. The standard InChI is InChI=1S/C17H28N4/c1-4-20(5-2)12-11-14(18)13-16-15-9-7-8-10-17(15)21(6-3)19-16/h7-10,14H,4-6,11-13,18H2,1-3H3. The fourth-order valence-corrected chi connectivity index (χ4v) is 2.83. The Balaban J connectivity index is 2.05. The van der Waals surface area contributed by atoms with Gasteiger partial charge in [0.1, 0.15) is 0 Å².